The quantitative estimate of drug-likeness (QED) is 0.217. The van der Waals surface area contributed by atoms with Gasteiger partial charge in [-0.25, -0.2) is 0 Å². The molecule has 0 amide bonds. The van der Waals surface area contributed by atoms with Crippen molar-refractivity contribution < 1.29 is 40.2 Å². The lowest BCUT2D eigenvalue weighted by molar-refractivity contribution is -0.301. The third kappa shape index (κ3) is 3.46. The second-order valence-corrected chi connectivity index (χ2v) is 4.78. The van der Waals surface area contributed by atoms with Gasteiger partial charge in [-0.1, -0.05) is 5.16 Å². The summed E-state index contributed by atoms with van der Waals surface area (Å²) in [4.78, 5) is 4.87. The molecule has 9 heteroatoms. The van der Waals surface area contributed by atoms with Gasteiger partial charge >= 0.3 is 0 Å². The van der Waals surface area contributed by atoms with Crippen molar-refractivity contribution >= 4 is 6.21 Å². The van der Waals surface area contributed by atoms with Gasteiger partial charge in [-0.15, -0.1) is 0 Å². The van der Waals surface area contributed by atoms with Crippen LogP contribution in [0.4, 0.5) is 0 Å². The molecule has 0 aliphatic carbocycles. The summed E-state index contributed by atoms with van der Waals surface area (Å²) in [7, 11) is 0. The van der Waals surface area contributed by atoms with Crippen LogP contribution in [0.15, 0.2) is 23.4 Å². The zero-order valence-corrected chi connectivity index (χ0v) is 11.4. The molecule has 1 fully saturated rings. The molecule has 122 valence electrons. The predicted octanol–water partition coefficient (Wildman–Crippen LogP) is -1.75. The molecule has 0 saturated carbocycles. The molecule has 0 radical (unpaired) electrons. The summed E-state index contributed by atoms with van der Waals surface area (Å²) in [6.45, 7) is -0.581. The molecular formula is C13H17NO8. The number of phenols is 2. The average molecular weight is 315 g/mol. The van der Waals surface area contributed by atoms with E-state index < -0.39 is 37.3 Å². The number of aromatic hydroxyl groups is 2. The monoisotopic (exact) mass is 315 g/mol. The summed E-state index contributed by atoms with van der Waals surface area (Å²) in [6.07, 6.45) is -6.08. The summed E-state index contributed by atoms with van der Waals surface area (Å²) in [6, 6.07) is 3.77. The summed E-state index contributed by atoms with van der Waals surface area (Å²) in [5.41, 5.74) is 0.157. The van der Waals surface area contributed by atoms with Crippen LogP contribution in [0.25, 0.3) is 0 Å². The highest BCUT2D eigenvalue weighted by Gasteiger charge is 2.44. The number of hydrogen-bond donors (Lipinski definition) is 6. The second kappa shape index (κ2) is 6.90. The van der Waals surface area contributed by atoms with Gasteiger partial charge in [0.1, 0.15) is 35.9 Å². The minimum absolute atomic E-state index is 0.0907. The Morgan fingerprint density at radius 1 is 1.14 bits per heavy atom. The molecule has 1 aliphatic rings. The topological polar surface area (TPSA) is 152 Å². The third-order valence-electron chi connectivity index (χ3n) is 3.22. The zero-order chi connectivity index (χ0) is 16.3. The number of aliphatic hydroxyl groups is 4. The van der Waals surface area contributed by atoms with Crippen LogP contribution in [0.5, 0.6) is 11.5 Å². The number of nitrogens with zero attached hydrogens (tertiary/aromatic N) is 1. The number of ether oxygens (including phenoxy) is 1. The van der Waals surface area contributed by atoms with Crippen molar-refractivity contribution in [3.05, 3.63) is 23.8 Å². The molecule has 1 aromatic rings. The summed E-state index contributed by atoms with van der Waals surface area (Å²) >= 11 is 0. The fourth-order valence-electron chi connectivity index (χ4n) is 1.95. The van der Waals surface area contributed by atoms with Gasteiger partial charge in [-0.05, 0) is 18.2 Å². The van der Waals surface area contributed by atoms with E-state index in [0.29, 0.717) is 0 Å². The Balaban J connectivity index is 2.03. The fraction of sp³-hybridized carbons (Fsp3) is 0.462. The first kappa shape index (κ1) is 16.5. The van der Waals surface area contributed by atoms with Crippen molar-refractivity contribution in [2.75, 3.05) is 6.61 Å². The van der Waals surface area contributed by atoms with Crippen molar-refractivity contribution in [2.24, 2.45) is 5.16 Å². The van der Waals surface area contributed by atoms with Gasteiger partial charge in [-0.2, -0.15) is 0 Å². The van der Waals surface area contributed by atoms with Crippen LogP contribution < -0.4 is 0 Å². The molecule has 2 rings (SSSR count). The van der Waals surface area contributed by atoms with Gasteiger partial charge in [-0.3, -0.25) is 0 Å². The van der Waals surface area contributed by atoms with Crippen LogP contribution in [0.2, 0.25) is 0 Å². The van der Waals surface area contributed by atoms with E-state index in [-0.39, 0.29) is 17.1 Å². The largest absolute Gasteiger partial charge is 0.508 e. The van der Waals surface area contributed by atoms with E-state index in [4.69, 9.17) is 14.7 Å². The van der Waals surface area contributed by atoms with Gasteiger partial charge in [0.2, 0.25) is 0 Å². The van der Waals surface area contributed by atoms with Crippen LogP contribution in [0, 0.1) is 0 Å². The molecule has 0 aromatic heterocycles. The first-order valence-corrected chi connectivity index (χ1v) is 6.45. The number of rotatable bonds is 4. The molecule has 22 heavy (non-hydrogen) atoms. The number of phenolic OH excluding ortho intramolecular Hbond substituents is 2. The molecule has 0 bridgehead atoms. The van der Waals surface area contributed by atoms with Crippen LogP contribution in [-0.4, -0.2) is 74.2 Å². The molecule has 1 saturated heterocycles. The Hall–Kier alpha value is -1.91. The van der Waals surface area contributed by atoms with Crippen LogP contribution in [0.1, 0.15) is 5.56 Å². The highest BCUT2D eigenvalue weighted by Crippen LogP contribution is 2.23. The smallest absolute Gasteiger partial charge is 0.256 e. The highest BCUT2D eigenvalue weighted by molar-refractivity contribution is 5.83. The van der Waals surface area contributed by atoms with Gasteiger partial charge in [0.05, 0.1) is 12.8 Å². The molecule has 9 nitrogen and oxygen atoms in total. The Morgan fingerprint density at radius 3 is 2.55 bits per heavy atom. The highest BCUT2D eigenvalue weighted by atomic mass is 16.8. The summed E-state index contributed by atoms with van der Waals surface area (Å²) < 4.78 is 5.06. The molecule has 1 heterocycles. The normalized spacial score (nSPS) is 32.3. The maximum absolute atomic E-state index is 9.71. The zero-order valence-electron chi connectivity index (χ0n) is 11.4. The maximum atomic E-state index is 9.71. The van der Waals surface area contributed by atoms with Crippen LogP contribution in [0.3, 0.4) is 0 Å². The number of aliphatic hydroxyl groups excluding tert-OH is 4. The van der Waals surface area contributed by atoms with E-state index in [1.165, 1.54) is 18.2 Å². The first-order valence-electron chi connectivity index (χ1n) is 6.45. The van der Waals surface area contributed by atoms with E-state index in [1.54, 1.807) is 0 Å². The van der Waals surface area contributed by atoms with E-state index >= 15 is 0 Å². The summed E-state index contributed by atoms with van der Waals surface area (Å²) in [5, 5.41) is 60.2. The lowest BCUT2D eigenvalue weighted by Crippen LogP contribution is -2.58. The van der Waals surface area contributed by atoms with Crippen molar-refractivity contribution in [1.82, 2.24) is 0 Å². The lowest BCUT2D eigenvalue weighted by Gasteiger charge is -2.38. The number of hydrogen-bond acceptors (Lipinski definition) is 9. The van der Waals surface area contributed by atoms with Crippen LogP contribution >= 0.6 is 0 Å². The van der Waals surface area contributed by atoms with Crippen molar-refractivity contribution in [3.63, 3.8) is 0 Å². The standard InChI is InChI=1S/C13H17NO8/c15-5-9-10(18)11(19)12(20)13(21-9)22-14-4-6-3-7(16)1-2-8(6)17/h1-4,9-13,15-20H,5H2/b14-4+/t9?,10?,11-,12?,13-/m0/s1. The lowest BCUT2D eigenvalue weighted by atomic mass is 9.99. The third-order valence-corrected chi connectivity index (χ3v) is 3.22. The van der Waals surface area contributed by atoms with Crippen molar-refractivity contribution in [2.45, 2.75) is 30.7 Å². The second-order valence-electron chi connectivity index (χ2n) is 4.78. The first-order chi connectivity index (χ1) is 10.4. The fourth-order valence-corrected chi connectivity index (χ4v) is 1.95. The van der Waals surface area contributed by atoms with Crippen molar-refractivity contribution in [1.29, 1.82) is 0 Å². The number of oxime groups is 1. The Bertz CT molecular complexity index is 535. The average Bonchev–Trinajstić information content (AvgIpc) is 2.50. The van der Waals surface area contributed by atoms with E-state index in [9.17, 15) is 25.5 Å². The van der Waals surface area contributed by atoms with E-state index in [0.717, 1.165) is 6.21 Å². The SMILES string of the molecule is OCC1O[C@@H](O/N=C/c2cc(O)ccc2O)C(O)[C@@H](O)C1O. The van der Waals surface area contributed by atoms with E-state index in [1.807, 2.05) is 0 Å². The minimum atomic E-state index is -1.58. The van der Waals surface area contributed by atoms with Gasteiger partial charge in [0.15, 0.2) is 0 Å². The molecule has 6 N–H and O–H groups in total. The Morgan fingerprint density at radius 2 is 1.86 bits per heavy atom. The van der Waals surface area contributed by atoms with Crippen molar-refractivity contribution in [3.8, 4) is 11.5 Å². The molecule has 0 spiro atoms. The van der Waals surface area contributed by atoms with Gasteiger partial charge in [0.25, 0.3) is 6.29 Å². The van der Waals surface area contributed by atoms with E-state index in [2.05, 4.69) is 5.16 Å². The minimum Gasteiger partial charge on any atom is -0.508 e. The summed E-state index contributed by atoms with van der Waals surface area (Å²) in [5.74, 6) is -0.244. The Labute approximate surface area is 125 Å². The molecule has 1 aromatic carbocycles. The Kier molecular flexibility index (Phi) is 5.16. The maximum Gasteiger partial charge on any atom is 0.256 e. The van der Waals surface area contributed by atoms with Crippen LogP contribution in [-0.2, 0) is 9.57 Å². The molecule has 3 unspecified atom stereocenters. The molecule has 1 aliphatic heterocycles. The van der Waals surface area contributed by atoms with Gasteiger partial charge < -0.3 is 40.2 Å². The van der Waals surface area contributed by atoms with Gasteiger partial charge in [0, 0.05) is 5.56 Å². The molecule has 5 atom stereocenters. The molecular weight excluding hydrogens is 298 g/mol. The predicted molar refractivity (Wildman–Crippen MR) is 72.2 cm³/mol. The number of benzene rings is 1.